The van der Waals surface area contributed by atoms with Gasteiger partial charge in [-0.2, -0.15) is 5.10 Å². The fourth-order valence-corrected chi connectivity index (χ4v) is 2.78. The van der Waals surface area contributed by atoms with Crippen LogP contribution in [0.4, 0.5) is 0 Å². The summed E-state index contributed by atoms with van der Waals surface area (Å²) < 4.78 is 8.63. The highest BCUT2D eigenvalue weighted by atomic mass is 79.9. The number of aryl methyl sites for hydroxylation is 2. The molecule has 21 heavy (non-hydrogen) atoms. The highest BCUT2D eigenvalue weighted by molar-refractivity contribution is 9.10. The second-order valence-electron chi connectivity index (χ2n) is 4.53. The lowest BCUT2D eigenvalue weighted by atomic mass is 10.2. The Hall–Kier alpha value is -1.82. The number of nitrogens with zero attached hydrogens (tertiary/aromatic N) is 2. The number of halogens is 1. The molecule has 6 heteroatoms. The van der Waals surface area contributed by atoms with Crippen molar-refractivity contribution in [3.8, 4) is 5.75 Å². The van der Waals surface area contributed by atoms with Crippen LogP contribution in [0.3, 0.4) is 0 Å². The van der Waals surface area contributed by atoms with Crippen LogP contribution >= 0.6 is 15.9 Å². The molecule has 0 fully saturated rings. The van der Waals surface area contributed by atoms with Crippen molar-refractivity contribution in [1.29, 1.82) is 0 Å². The first-order valence-corrected chi connectivity index (χ1v) is 7.63. The molecule has 1 heterocycles. The number of benzene rings is 1. The molecule has 0 radical (unpaired) electrons. The highest BCUT2D eigenvalue weighted by Crippen LogP contribution is 2.25. The fraction of sp³-hybridized carbons (Fsp3) is 0.333. The van der Waals surface area contributed by atoms with Gasteiger partial charge in [0.1, 0.15) is 12.4 Å². The molecule has 0 bridgehead atoms. The quantitative estimate of drug-likeness (QED) is 0.869. The summed E-state index contributed by atoms with van der Waals surface area (Å²) in [5.74, 6) is -0.0123. The number of rotatable bonds is 6. The minimum Gasteiger partial charge on any atom is -0.486 e. The fourth-order valence-electron chi connectivity index (χ4n) is 2.10. The Morgan fingerprint density at radius 3 is 2.71 bits per heavy atom. The van der Waals surface area contributed by atoms with E-state index >= 15 is 0 Å². The minimum atomic E-state index is -0.497. The summed E-state index contributed by atoms with van der Waals surface area (Å²) in [4.78, 5) is 11.4. The normalized spacial score (nSPS) is 10.6. The van der Waals surface area contributed by atoms with Gasteiger partial charge in [0.25, 0.3) is 5.91 Å². The Bertz CT molecular complexity index is 652. The third-order valence-corrected chi connectivity index (χ3v) is 4.13. The van der Waals surface area contributed by atoms with Crippen molar-refractivity contribution in [2.75, 3.05) is 0 Å². The van der Waals surface area contributed by atoms with E-state index in [2.05, 4.69) is 28.0 Å². The van der Waals surface area contributed by atoms with Gasteiger partial charge in [0, 0.05) is 6.54 Å². The van der Waals surface area contributed by atoms with Gasteiger partial charge in [-0.3, -0.25) is 9.48 Å². The number of hydrogen-bond donors (Lipinski definition) is 1. The van der Waals surface area contributed by atoms with Gasteiger partial charge in [-0.15, -0.1) is 0 Å². The summed E-state index contributed by atoms with van der Waals surface area (Å²) in [5.41, 5.74) is 7.68. The number of carbonyl (C=O) groups excluding carboxylic acids is 1. The summed E-state index contributed by atoms with van der Waals surface area (Å²) in [6.07, 6.45) is 0.846. The van der Waals surface area contributed by atoms with Crippen molar-refractivity contribution in [2.45, 2.75) is 33.4 Å². The van der Waals surface area contributed by atoms with Crippen molar-refractivity contribution < 1.29 is 9.53 Å². The summed E-state index contributed by atoms with van der Waals surface area (Å²) in [6.45, 7) is 5.17. The minimum absolute atomic E-state index is 0.325. The topological polar surface area (TPSA) is 70.1 Å². The Morgan fingerprint density at radius 2 is 2.10 bits per heavy atom. The average molecular weight is 352 g/mol. The van der Waals surface area contributed by atoms with Crippen molar-refractivity contribution in [3.63, 3.8) is 0 Å². The Balaban J connectivity index is 2.25. The Labute approximate surface area is 132 Å². The first-order chi connectivity index (χ1) is 10.1. The van der Waals surface area contributed by atoms with Gasteiger partial charge in [0.2, 0.25) is 0 Å². The predicted octanol–water partition coefficient (Wildman–Crippen LogP) is 2.91. The lowest BCUT2D eigenvalue weighted by Gasteiger charge is -2.10. The molecule has 112 valence electrons. The van der Waals surface area contributed by atoms with Crippen LogP contribution in [0.25, 0.3) is 0 Å². The maximum atomic E-state index is 11.4. The number of hydrogen-bond acceptors (Lipinski definition) is 3. The number of para-hydroxylation sites is 1. The third-order valence-electron chi connectivity index (χ3n) is 3.21. The molecule has 5 nitrogen and oxygen atoms in total. The second-order valence-corrected chi connectivity index (χ2v) is 5.32. The van der Waals surface area contributed by atoms with E-state index in [0.717, 1.165) is 28.8 Å². The number of amides is 1. The molecule has 1 aromatic carbocycles. The highest BCUT2D eigenvalue weighted by Gasteiger charge is 2.15. The van der Waals surface area contributed by atoms with Crippen molar-refractivity contribution in [1.82, 2.24) is 9.78 Å². The van der Waals surface area contributed by atoms with Crippen molar-refractivity contribution in [3.05, 3.63) is 45.7 Å². The predicted molar refractivity (Wildman–Crippen MR) is 84.3 cm³/mol. The van der Waals surface area contributed by atoms with E-state index in [-0.39, 0.29) is 0 Å². The summed E-state index contributed by atoms with van der Waals surface area (Å²) in [6, 6.07) is 6.96. The van der Waals surface area contributed by atoms with Crippen LogP contribution in [-0.2, 0) is 19.6 Å². The van der Waals surface area contributed by atoms with E-state index < -0.39 is 5.91 Å². The van der Waals surface area contributed by atoms with E-state index in [1.165, 1.54) is 0 Å². The van der Waals surface area contributed by atoms with E-state index in [0.29, 0.717) is 17.9 Å². The van der Waals surface area contributed by atoms with Gasteiger partial charge in [0.15, 0.2) is 0 Å². The van der Waals surface area contributed by atoms with Crippen molar-refractivity contribution >= 4 is 21.8 Å². The monoisotopic (exact) mass is 351 g/mol. The van der Waals surface area contributed by atoms with E-state index in [1.54, 1.807) is 18.2 Å². The maximum absolute atomic E-state index is 11.4. The van der Waals surface area contributed by atoms with Crippen LogP contribution < -0.4 is 10.5 Å². The number of carbonyl (C=O) groups is 1. The third kappa shape index (κ3) is 3.26. The zero-order chi connectivity index (χ0) is 15.4. The van der Waals surface area contributed by atoms with E-state index in [4.69, 9.17) is 10.5 Å². The molecule has 0 aliphatic carbocycles. The first kappa shape index (κ1) is 15.6. The molecule has 1 aromatic heterocycles. The number of aromatic nitrogens is 2. The Kier molecular flexibility index (Phi) is 5.01. The van der Waals surface area contributed by atoms with Crippen LogP contribution in [0.15, 0.2) is 28.7 Å². The first-order valence-electron chi connectivity index (χ1n) is 6.84. The van der Waals surface area contributed by atoms with E-state index in [9.17, 15) is 4.79 Å². The van der Waals surface area contributed by atoms with Gasteiger partial charge in [-0.05, 0) is 41.4 Å². The lowest BCUT2D eigenvalue weighted by Crippen LogP contribution is -2.13. The zero-order valence-electron chi connectivity index (χ0n) is 12.1. The van der Waals surface area contributed by atoms with Gasteiger partial charge in [-0.25, -0.2) is 0 Å². The number of primary amides is 1. The molecular formula is C15H18BrN3O2. The molecule has 0 unspecified atom stereocenters. The largest absolute Gasteiger partial charge is 0.486 e. The standard InChI is InChI=1S/C15H18BrN3O2/c1-3-11-14(16)12(19(4-2)18-11)9-21-13-8-6-5-7-10(13)15(17)20/h5-8H,3-4,9H2,1-2H3,(H2,17,20). The lowest BCUT2D eigenvalue weighted by molar-refractivity contribution is 0.0995. The SMILES string of the molecule is CCc1nn(CC)c(COc2ccccc2C(N)=O)c1Br. The number of ether oxygens (including phenoxy) is 1. The van der Waals surface area contributed by atoms with Crippen LogP contribution in [-0.4, -0.2) is 15.7 Å². The average Bonchev–Trinajstić information content (AvgIpc) is 2.80. The van der Waals surface area contributed by atoms with Gasteiger partial charge in [-0.1, -0.05) is 19.1 Å². The summed E-state index contributed by atoms with van der Waals surface area (Å²) >= 11 is 3.57. The van der Waals surface area contributed by atoms with Gasteiger partial charge >= 0.3 is 0 Å². The van der Waals surface area contributed by atoms with Crippen LogP contribution in [0.5, 0.6) is 5.75 Å². The summed E-state index contributed by atoms with van der Waals surface area (Å²) in [7, 11) is 0. The zero-order valence-corrected chi connectivity index (χ0v) is 13.7. The molecule has 2 N–H and O–H groups in total. The second kappa shape index (κ2) is 6.76. The molecule has 2 rings (SSSR count). The molecule has 2 aromatic rings. The smallest absolute Gasteiger partial charge is 0.252 e. The number of nitrogens with two attached hydrogens (primary N) is 1. The molecule has 0 saturated carbocycles. The van der Waals surface area contributed by atoms with Crippen molar-refractivity contribution in [2.24, 2.45) is 5.73 Å². The summed E-state index contributed by atoms with van der Waals surface area (Å²) in [5, 5.41) is 4.51. The van der Waals surface area contributed by atoms with Gasteiger partial charge < -0.3 is 10.5 Å². The molecule has 0 aliphatic heterocycles. The molecular weight excluding hydrogens is 334 g/mol. The maximum Gasteiger partial charge on any atom is 0.252 e. The molecule has 0 saturated heterocycles. The molecule has 1 amide bonds. The van der Waals surface area contributed by atoms with E-state index in [1.807, 2.05) is 17.7 Å². The van der Waals surface area contributed by atoms with Gasteiger partial charge in [0.05, 0.1) is 21.4 Å². The molecule has 0 atom stereocenters. The van der Waals surface area contributed by atoms with Crippen LogP contribution in [0, 0.1) is 0 Å². The molecule has 0 spiro atoms. The van der Waals surface area contributed by atoms with Crippen LogP contribution in [0.2, 0.25) is 0 Å². The Morgan fingerprint density at radius 1 is 1.38 bits per heavy atom. The van der Waals surface area contributed by atoms with Crippen LogP contribution in [0.1, 0.15) is 35.6 Å². The molecule has 0 aliphatic rings.